The van der Waals surface area contributed by atoms with Crippen molar-refractivity contribution in [2.45, 2.75) is 0 Å². The first-order valence-electron chi connectivity index (χ1n) is 21.6. The predicted molar refractivity (Wildman–Crippen MR) is 200 cm³/mol. The van der Waals surface area contributed by atoms with Crippen LogP contribution in [0.2, 0.25) is 0 Å². The maximum atomic E-state index is 9.46. The second-order valence-electron chi connectivity index (χ2n) is 11.4. The molecule has 1 aromatic heterocycles. The van der Waals surface area contributed by atoms with E-state index in [0.717, 1.165) is 10.8 Å². The molecule has 0 fully saturated rings. The topological polar surface area (TPSA) is 13.1 Å². The molecule has 10 aromatic rings. The largest absolute Gasteiger partial charge is 0.455 e. The molecule has 0 spiro atoms. The third-order valence-corrected chi connectivity index (χ3v) is 8.84. The monoisotopic (exact) mass is 609 g/mol. The Morgan fingerprint density at radius 1 is 0.404 bits per heavy atom. The summed E-state index contributed by atoms with van der Waals surface area (Å²) in [4.78, 5) is 0. The van der Waals surface area contributed by atoms with Crippen molar-refractivity contribution < 1.29 is 22.2 Å². The van der Waals surface area contributed by atoms with E-state index in [0.29, 0.717) is 38.2 Å². The Labute approximate surface area is 290 Å². The molecule has 0 aliphatic heterocycles. The summed E-state index contributed by atoms with van der Waals surface area (Å²) < 4.78 is 123. The number of rotatable bonds is 3. The van der Waals surface area contributed by atoms with Gasteiger partial charge in [0.05, 0.1) is 17.8 Å². The van der Waals surface area contributed by atoms with Gasteiger partial charge in [-0.3, -0.25) is 0 Å². The molecule has 0 saturated heterocycles. The van der Waals surface area contributed by atoms with Gasteiger partial charge in [0.25, 0.3) is 0 Å². The predicted octanol–water partition coefficient (Wildman–Crippen LogP) is 13.2. The van der Waals surface area contributed by atoms with Crippen molar-refractivity contribution in [3.63, 3.8) is 0 Å². The number of benzene rings is 9. The second-order valence-corrected chi connectivity index (χ2v) is 11.4. The molecule has 0 amide bonds. The minimum absolute atomic E-state index is 0.0503. The molecular weight excluding hydrogens is 569 g/mol. The molecule has 47 heavy (non-hydrogen) atoms. The van der Waals surface area contributed by atoms with Crippen LogP contribution in [-0.2, 0) is 0 Å². The lowest BCUT2D eigenvalue weighted by molar-refractivity contribution is 0.673. The highest BCUT2D eigenvalue weighted by Crippen LogP contribution is 2.47. The summed E-state index contributed by atoms with van der Waals surface area (Å²) in [5, 5.41) is 3.45. The van der Waals surface area contributed by atoms with Gasteiger partial charge in [0.2, 0.25) is 0 Å². The zero-order valence-electron chi connectivity index (χ0n) is 37.6. The van der Waals surface area contributed by atoms with Gasteiger partial charge < -0.3 is 4.42 Å². The maximum absolute atomic E-state index is 9.46. The minimum atomic E-state index is -0.581. The van der Waals surface area contributed by atoms with Crippen LogP contribution in [0.1, 0.15) is 17.8 Å². The summed E-state index contributed by atoms with van der Waals surface area (Å²) in [5.41, 5.74) is 1.28. The molecule has 0 atom stereocenters. The van der Waals surface area contributed by atoms with E-state index in [1.807, 2.05) is 36.4 Å². The highest BCUT2D eigenvalue weighted by Gasteiger charge is 2.20. The van der Waals surface area contributed by atoms with Crippen LogP contribution >= 0.6 is 0 Å². The third-order valence-electron chi connectivity index (χ3n) is 8.84. The van der Waals surface area contributed by atoms with Gasteiger partial charge in [0, 0.05) is 16.2 Å². The molecule has 0 N–H and O–H groups in total. The number of hydrogen-bond acceptors (Lipinski definition) is 1. The first kappa shape index (κ1) is 16.4. The molecule has 0 radical (unpaired) electrons. The molecule has 0 aliphatic carbocycles. The number of fused-ring (bicyclic) bond motifs is 8. The Morgan fingerprint density at radius 3 is 1.83 bits per heavy atom. The first-order chi connectivity index (χ1) is 28.7. The summed E-state index contributed by atoms with van der Waals surface area (Å²) in [6, 6.07) is 22.0. The summed E-state index contributed by atoms with van der Waals surface area (Å²) >= 11 is 0. The van der Waals surface area contributed by atoms with E-state index in [1.165, 1.54) is 0 Å². The van der Waals surface area contributed by atoms with Crippen LogP contribution in [0, 0.1) is 0 Å². The Balaban J connectivity index is 1.35. The SMILES string of the molecule is [2H]c1c([2H])c(-c2c3ccccc3c(-c3c([2H])c([2H])c([2H])c4oc5c6c([2H])c([2H])c([2H])c([2H])c6c([2H])c([2H])c5c34)c3ccccc23)c([2H])c([2H])c1-c1ccc2ccccc2c1. The van der Waals surface area contributed by atoms with Gasteiger partial charge in [-0.05, 0) is 89.2 Å². The van der Waals surface area contributed by atoms with Crippen LogP contribution in [0.5, 0.6) is 0 Å². The van der Waals surface area contributed by atoms with E-state index in [-0.39, 0.29) is 79.6 Å². The van der Waals surface area contributed by atoms with Gasteiger partial charge in [-0.25, -0.2) is 0 Å². The van der Waals surface area contributed by atoms with Gasteiger partial charge >= 0.3 is 0 Å². The molecule has 10 rings (SSSR count). The quantitative estimate of drug-likeness (QED) is 0.182. The zero-order chi connectivity index (χ0) is 42.2. The molecule has 1 nitrogen and oxygen atoms in total. The highest BCUT2D eigenvalue weighted by molar-refractivity contribution is 6.27. The molecule has 218 valence electrons. The smallest absolute Gasteiger partial charge is 0.143 e. The van der Waals surface area contributed by atoms with Gasteiger partial charge in [-0.2, -0.15) is 0 Å². The molecule has 1 heterocycles. The average Bonchev–Trinajstić information content (AvgIpc) is 3.65. The van der Waals surface area contributed by atoms with Gasteiger partial charge in [-0.15, -0.1) is 0 Å². The maximum Gasteiger partial charge on any atom is 0.143 e. The Hall–Kier alpha value is -6.18. The van der Waals surface area contributed by atoms with Crippen LogP contribution < -0.4 is 0 Å². The van der Waals surface area contributed by atoms with Crippen molar-refractivity contribution in [1.82, 2.24) is 0 Å². The summed E-state index contributed by atoms with van der Waals surface area (Å²) in [6.07, 6.45) is 0. The fraction of sp³-hybridized carbons (Fsp3) is 0. The van der Waals surface area contributed by atoms with E-state index in [9.17, 15) is 8.22 Å². The van der Waals surface area contributed by atoms with Crippen molar-refractivity contribution in [2.75, 3.05) is 0 Å². The Bertz CT molecular complexity index is 3510. The molecule has 0 saturated carbocycles. The fourth-order valence-electron chi connectivity index (χ4n) is 6.75. The minimum Gasteiger partial charge on any atom is -0.455 e. The molecule has 1 heteroatoms. The van der Waals surface area contributed by atoms with Crippen LogP contribution in [0.25, 0.3) is 98.4 Å². The fourth-order valence-corrected chi connectivity index (χ4v) is 6.75. The normalized spacial score (nSPS) is 15.7. The molecule has 0 bridgehead atoms. The highest BCUT2D eigenvalue weighted by atomic mass is 16.3. The first-order valence-corrected chi connectivity index (χ1v) is 15.1. The Morgan fingerprint density at radius 2 is 1.06 bits per heavy atom. The van der Waals surface area contributed by atoms with Crippen molar-refractivity contribution in [3.8, 4) is 33.4 Å². The Kier molecular flexibility index (Phi) is 3.55. The van der Waals surface area contributed by atoms with Gasteiger partial charge in [0.1, 0.15) is 11.2 Å². The van der Waals surface area contributed by atoms with Crippen LogP contribution in [0.4, 0.5) is 0 Å². The van der Waals surface area contributed by atoms with Crippen molar-refractivity contribution in [3.05, 3.63) is 170 Å². The van der Waals surface area contributed by atoms with E-state index in [2.05, 4.69) is 0 Å². The average molecular weight is 610 g/mol. The van der Waals surface area contributed by atoms with Crippen molar-refractivity contribution >= 4 is 65.0 Å². The standard InChI is InChI=1S/C46H28O/c1-2-12-33-28-34(25-22-29(33)10-1)30-20-23-32(24-21-30)43-36-14-5-7-16-38(36)44(39-17-8-6-15-37(39)43)40-18-9-19-42-45(40)41-27-26-31-11-3-4-13-35(31)46(41)47-42/h1-28H/i3D,4D,9D,11D,13D,18D,19D,20D,21D,23D,24D,26D,27D. The number of furan rings is 1. The van der Waals surface area contributed by atoms with Crippen LogP contribution in [0.15, 0.2) is 174 Å². The molecule has 0 aliphatic rings. The zero-order valence-corrected chi connectivity index (χ0v) is 24.6. The van der Waals surface area contributed by atoms with Crippen molar-refractivity contribution in [2.24, 2.45) is 0 Å². The lowest BCUT2D eigenvalue weighted by Gasteiger charge is -2.18. The van der Waals surface area contributed by atoms with E-state index < -0.39 is 48.3 Å². The summed E-state index contributed by atoms with van der Waals surface area (Å²) in [6.45, 7) is 0. The van der Waals surface area contributed by atoms with Crippen LogP contribution in [-0.4, -0.2) is 0 Å². The summed E-state index contributed by atoms with van der Waals surface area (Å²) in [7, 11) is 0. The lowest BCUT2D eigenvalue weighted by Crippen LogP contribution is -1.91. The van der Waals surface area contributed by atoms with E-state index in [1.54, 1.807) is 54.6 Å². The van der Waals surface area contributed by atoms with Gasteiger partial charge in [0.15, 0.2) is 0 Å². The molecular formula is C46H28O. The van der Waals surface area contributed by atoms with E-state index in [4.69, 9.17) is 14.0 Å². The van der Waals surface area contributed by atoms with Gasteiger partial charge in [-0.1, -0.05) is 151 Å². The third kappa shape index (κ3) is 3.97. The van der Waals surface area contributed by atoms with E-state index >= 15 is 0 Å². The van der Waals surface area contributed by atoms with Crippen molar-refractivity contribution in [1.29, 1.82) is 0 Å². The second kappa shape index (κ2) is 10.2. The number of hydrogen-bond donors (Lipinski definition) is 0. The lowest BCUT2D eigenvalue weighted by atomic mass is 9.84. The molecule has 9 aromatic carbocycles. The van der Waals surface area contributed by atoms with Crippen LogP contribution in [0.3, 0.4) is 0 Å². The summed E-state index contributed by atoms with van der Waals surface area (Å²) in [5.74, 6) is 0. The molecule has 0 unspecified atom stereocenters.